The number of piperazine rings is 1. The van der Waals surface area contributed by atoms with Gasteiger partial charge in [0.15, 0.2) is 5.58 Å². The number of nitrogens with zero attached hydrogens (tertiary/aromatic N) is 4. The fourth-order valence-electron chi connectivity index (χ4n) is 4.68. The Hall–Kier alpha value is -3.20. The van der Waals surface area contributed by atoms with Crippen LogP contribution < -0.4 is 9.80 Å². The van der Waals surface area contributed by atoms with Gasteiger partial charge in [-0.25, -0.2) is 8.78 Å². The van der Waals surface area contributed by atoms with Gasteiger partial charge < -0.3 is 23.9 Å². The van der Waals surface area contributed by atoms with Crippen LogP contribution in [0.3, 0.4) is 0 Å². The van der Waals surface area contributed by atoms with E-state index in [2.05, 4.69) is 9.88 Å². The van der Waals surface area contributed by atoms with Crippen LogP contribution in [-0.2, 0) is 9.53 Å². The Morgan fingerprint density at radius 2 is 1.69 bits per heavy atom. The summed E-state index contributed by atoms with van der Waals surface area (Å²) in [6.07, 6.45) is 1.37. The van der Waals surface area contributed by atoms with Crippen molar-refractivity contribution in [1.82, 2.24) is 9.88 Å². The summed E-state index contributed by atoms with van der Waals surface area (Å²) >= 11 is 0. The molecule has 1 aromatic heterocycles. The summed E-state index contributed by atoms with van der Waals surface area (Å²) < 4.78 is 39.6. The third-order valence-electron chi connectivity index (χ3n) is 6.95. The SMILES string of the molecule is Cc1ccc2oc(N3CCN(C(=O)COC4CCN(c5cc(F)c(C)c(F)c5)CC4)CC3)nc2c1. The second-order valence-electron chi connectivity index (χ2n) is 9.37. The van der Waals surface area contributed by atoms with E-state index in [4.69, 9.17) is 9.15 Å². The van der Waals surface area contributed by atoms with Crippen LogP contribution in [-0.4, -0.2) is 67.8 Å². The minimum atomic E-state index is -0.532. The number of hydrogen-bond acceptors (Lipinski definition) is 6. The van der Waals surface area contributed by atoms with E-state index in [0.29, 0.717) is 63.8 Å². The minimum absolute atomic E-state index is 0.0250. The van der Waals surface area contributed by atoms with Crippen molar-refractivity contribution in [3.8, 4) is 0 Å². The highest BCUT2D eigenvalue weighted by Crippen LogP contribution is 2.26. The van der Waals surface area contributed by atoms with Crippen LogP contribution in [0.5, 0.6) is 0 Å². The molecule has 0 saturated carbocycles. The van der Waals surface area contributed by atoms with Gasteiger partial charge in [0, 0.05) is 50.5 Å². The van der Waals surface area contributed by atoms with Gasteiger partial charge in [0.2, 0.25) is 5.91 Å². The number of aromatic nitrogens is 1. The molecule has 0 radical (unpaired) electrons. The van der Waals surface area contributed by atoms with Gasteiger partial charge in [-0.05, 0) is 56.5 Å². The van der Waals surface area contributed by atoms with Crippen molar-refractivity contribution in [2.45, 2.75) is 32.8 Å². The maximum atomic E-state index is 13.9. The van der Waals surface area contributed by atoms with Crippen molar-refractivity contribution in [3.63, 3.8) is 0 Å². The number of piperidine rings is 1. The van der Waals surface area contributed by atoms with Crippen LogP contribution in [0, 0.1) is 25.5 Å². The number of anilines is 2. The van der Waals surface area contributed by atoms with Gasteiger partial charge >= 0.3 is 0 Å². The van der Waals surface area contributed by atoms with Crippen LogP contribution in [0.1, 0.15) is 24.0 Å². The Morgan fingerprint density at radius 3 is 2.37 bits per heavy atom. The van der Waals surface area contributed by atoms with Crippen LogP contribution in [0.4, 0.5) is 20.5 Å². The average molecular weight is 485 g/mol. The van der Waals surface area contributed by atoms with Gasteiger partial charge in [0.05, 0.1) is 6.10 Å². The van der Waals surface area contributed by atoms with Gasteiger partial charge in [-0.1, -0.05) is 6.07 Å². The molecule has 0 bridgehead atoms. The maximum absolute atomic E-state index is 13.9. The molecule has 0 atom stereocenters. The molecule has 0 aliphatic carbocycles. The van der Waals surface area contributed by atoms with E-state index >= 15 is 0 Å². The zero-order valence-corrected chi connectivity index (χ0v) is 20.1. The van der Waals surface area contributed by atoms with Crippen LogP contribution in [0.25, 0.3) is 11.1 Å². The number of oxazole rings is 1. The van der Waals surface area contributed by atoms with E-state index in [0.717, 1.165) is 16.7 Å². The van der Waals surface area contributed by atoms with Gasteiger partial charge in [0.1, 0.15) is 23.8 Å². The molecule has 1 amide bonds. The lowest BCUT2D eigenvalue weighted by Gasteiger charge is -2.35. The number of aryl methyl sites for hydroxylation is 1. The first-order valence-corrected chi connectivity index (χ1v) is 12.1. The van der Waals surface area contributed by atoms with Crippen LogP contribution >= 0.6 is 0 Å². The number of ether oxygens (including phenoxy) is 1. The molecule has 2 aliphatic heterocycles. The lowest BCUT2D eigenvalue weighted by Crippen LogP contribution is -2.50. The Labute approximate surface area is 203 Å². The maximum Gasteiger partial charge on any atom is 0.298 e. The summed E-state index contributed by atoms with van der Waals surface area (Å²) in [4.78, 5) is 23.1. The second-order valence-corrected chi connectivity index (χ2v) is 9.37. The van der Waals surface area contributed by atoms with Crippen molar-refractivity contribution in [2.24, 2.45) is 0 Å². The fraction of sp³-hybridized carbons (Fsp3) is 0.462. The first-order chi connectivity index (χ1) is 16.9. The summed E-state index contributed by atoms with van der Waals surface area (Å²) in [5.74, 6) is -1.09. The number of amides is 1. The van der Waals surface area contributed by atoms with Crippen molar-refractivity contribution in [2.75, 3.05) is 55.7 Å². The highest BCUT2D eigenvalue weighted by atomic mass is 19.1. The first-order valence-electron chi connectivity index (χ1n) is 12.1. The average Bonchev–Trinajstić information content (AvgIpc) is 3.29. The number of fused-ring (bicyclic) bond motifs is 1. The molecule has 5 rings (SSSR count). The summed E-state index contributed by atoms with van der Waals surface area (Å²) in [5.41, 5.74) is 3.33. The van der Waals surface area contributed by atoms with Crippen molar-refractivity contribution in [1.29, 1.82) is 0 Å². The predicted octanol–water partition coefficient (Wildman–Crippen LogP) is 4.06. The molecule has 7 nitrogen and oxygen atoms in total. The van der Waals surface area contributed by atoms with Crippen molar-refractivity contribution >= 4 is 28.7 Å². The Kier molecular flexibility index (Phi) is 6.60. The van der Waals surface area contributed by atoms with Crippen LogP contribution in [0.2, 0.25) is 0 Å². The molecule has 2 saturated heterocycles. The van der Waals surface area contributed by atoms with Crippen molar-refractivity contribution < 1.29 is 22.7 Å². The number of carbonyl (C=O) groups is 1. The standard InChI is InChI=1S/C26H30F2N4O3/c1-17-3-4-24-23(13-17)29-26(35-24)32-11-9-31(10-12-32)25(33)16-34-20-5-7-30(8-6-20)19-14-21(27)18(2)22(28)15-19/h3-4,13-15,20H,5-12,16H2,1-2H3. The monoisotopic (exact) mass is 484 g/mol. The second kappa shape index (κ2) is 9.81. The first kappa shape index (κ1) is 23.5. The minimum Gasteiger partial charge on any atom is -0.423 e. The highest BCUT2D eigenvalue weighted by molar-refractivity contribution is 5.78. The van der Waals surface area contributed by atoms with Gasteiger partial charge in [-0.3, -0.25) is 4.79 Å². The molecule has 35 heavy (non-hydrogen) atoms. The molecule has 0 N–H and O–H groups in total. The third-order valence-corrected chi connectivity index (χ3v) is 6.95. The van der Waals surface area contributed by atoms with Gasteiger partial charge in [-0.2, -0.15) is 4.98 Å². The predicted molar refractivity (Wildman–Crippen MR) is 130 cm³/mol. The molecule has 0 unspecified atom stereocenters. The molecule has 2 aliphatic rings. The molecule has 3 heterocycles. The van der Waals surface area contributed by atoms with E-state index in [1.807, 2.05) is 34.9 Å². The molecular formula is C26H30F2N4O3. The number of benzene rings is 2. The highest BCUT2D eigenvalue weighted by Gasteiger charge is 2.26. The smallest absolute Gasteiger partial charge is 0.298 e. The largest absolute Gasteiger partial charge is 0.423 e. The summed E-state index contributed by atoms with van der Waals surface area (Å²) in [5, 5.41) is 0. The molecule has 3 aromatic rings. The Morgan fingerprint density at radius 1 is 1.00 bits per heavy atom. The van der Waals surface area contributed by atoms with E-state index in [1.54, 1.807) is 0 Å². The van der Waals surface area contributed by atoms with E-state index in [-0.39, 0.29) is 24.2 Å². The molecular weight excluding hydrogens is 454 g/mol. The quantitative estimate of drug-likeness (QED) is 0.545. The van der Waals surface area contributed by atoms with E-state index in [9.17, 15) is 13.6 Å². The molecule has 186 valence electrons. The number of carbonyl (C=O) groups excluding carboxylic acids is 1. The lowest BCUT2D eigenvalue weighted by atomic mass is 10.1. The zero-order chi connectivity index (χ0) is 24.5. The van der Waals surface area contributed by atoms with Gasteiger partial charge in [-0.15, -0.1) is 0 Å². The van der Waals surface area contributed by atoms with Crippen LogP contribution in [0.15, 0.2) is 34.7 Å². The van der Waals surface area contributed by atoms with Crippen molar-refractivity contribution in [3.05, 3.63) is 53.1 Å². The molecule has 2 aromatic carbocycles. The normalized spacial score (nSPS) is 17.4. The Bertz CT molecular complexity index is 1190. The van der Waals surface area contributed by atoms with Gasteiger partial charge in [0.25, 0.3) is 6.01 Å². The summed E-state index contributed by atoms with van der Waals surface area (Å²) in [6.45, 7) is 7.23. The molecule has 0 spiro atoms. The molecule has 2 fully saturated rings. The number of hydrogen-bond donors (Lipinski definition) is 0. The fourth-order valence-corrected chi connectivity index (χ4v) is 4.68. The molecule has 9 heteroatoms. The summed E-state index contributed by atoms with van der Waals surface area (Å²) in [6, 6.07) is 9.28. The third kappa shape index (κ3) is 5.10. The van der Waals surface area contributed by atoms with E-state index in [1.165, 1.54) is 19.1 Å². The number of rotatable bonds is 5. The lowest BCUT2D eigenvalue weighted by molar-refractivity contribution is -0.138. The van der Waals surface area contributed by atoms with E-state index < -0.39 is 11.6 Å². The number of halogens is 2. The zero-order valence-electron chi connectivity index (χ0n) is 20.1. The Balaban J connectivity index is 1.07. The topological polar surface area (TPSA) is 62.1 Å². The summed E-state index contributed by atoms with van der Waals surface area (Å²) in [7, 11) is 0.